The summed E-state index contributed by atoms with van der Waals surface area (Å²) in [6.07, 6.45) is 0. The van der Waals surface area contributed by atoms with Crippen LogP contribution in [0.5, 0.6) is 5.75 Å². The molecule has 31 heavy (non-hydrogen) atoms. The monoisotopic (exact) mass is 425 g/mol. The number of benzene rings is 1. The smallest absolute Gasteiger partial charge is 0.321 e. The van der Waals surface area contributed by atoms with Crippen LogP contribution in [0.15, 0.2) is 30.3 Å². The van der Waals surface area contributed by atoms with E-state index in [1.165, 1.54) is 0 Å². The Morgan fingerprint density at radius 3 is 2.00 bits per heavy atom. The maximum atomic E-state index is 12.7. The number of ether oxygens (including phenoxy) is 1. The van der Waals surface area contributed by atoms with E-state index in [1.54, 1.807) is 7.11 Å². The summed E-state index contributed by atoms with van der Waals surface area (Å²) in [6, 6.07) is 9.66. The molecule has 0 atom stereocenters. The minimum atomic E-state index is -0.0792. The second-order valence-corrected chi connectivity index (χ2v) is 8.13. The average molecular weight is 426 g/mol. The molecule has 0 saturated carbocycles. The largest absolute Gasteiger partial charge is 0.497 e. The Balaban J connectivity index is 1.29. The number of nitrogens with zero attached hydrogens (tertiary/aromatic N) is 6. The Hall–Kier alpha value is -3.07. The van der Waals surface area contributed by atoms with Gasteiger partial charge in [0.25, 0.3) is 0 Å². The van der Waals surface area contributed by atoms with Crippen LogP contribution in [-0.4, -0.2) is 92.5 Å². The van der Waals surface area contributed by atoms with Crippen LogP contribution in [0.4, 0.5) is 22.1 Å². The molecule has 2 aliphatic rings. The van der Waals surface area contributed by atoms with Gasteiger partial charge in [-0.15, -0.1) is 10.2 Å². The lowest BCUT2D eigenvalue weighted by molar-refractivity contribution is 0.208. The highest BCUT2D eigenvalue weighted by Crippen LogP contribution is 2.22. The number of carbonyl (C=O) groups excluding carboxylic acids is 1. The van der Waals surface area contributed by atoms with Gasteiger partial charge in [0.1, 0.15) is 5.75 Å². The topological polar surface area (TPSA) is 77.1 Å². The highest BCUT2D eigenvalue weighted by Gasteiger charge is 2.23. The highest BCUT2D eigenvalue weighted by molar-refractivity contribution is 5.90. The molecule has 2 amide bonds. The van der Waals surface area contributed by atoms with E-state index in [0.717, 1.165) is 67.9 Å². The molecule has 1 aromatic heterocycles. The van der Waals surface area contributed by atoms with Gasteiger partial charge >= 0.3 is 6.03 Å². The fourth-order valence-electron chi connectivity index (χ4n) is 3.93. The summed E-state index contributed by atoms with van der Waals surface area (Å²) in [7, 11) is 3.78. The van der Waals surface area contributed by atoms with Crippen LogP contribution in [-0.2, 0) is 0 Å². The molecule has 0 radical (unpaired) electrons. The van der Waals surface area contributed by atoms with Crippen molar-refractivity contribution in [1.82, 2.24) is 20.0 Å². The summed E-state index contributed by atoms with van der Waals surface area (Å²) in [5.74, 6) is 2.58. The van der Waals surface area contributed by atoms with Crippen molar-refractivity contribution in [3.63, 3.8) is 0 Å². The summed E-state index contributed by atoms with van der Waals surface area (Å²) < 4.78 is 5.23. The average Bonchev–Trinajstić information content (AvgIpc) is 2.81. The van der Waals surface area contributed by atoms with Crippen LogP contribution in [0.1, 0.15) is 5.56 Å². The number of hydrogen-bond acceptors (Lipinski definition) is 7. The van der Waals surface area contributed by atoms with Crippen molar-refractivity contribution in [2.24, 2.45) is 0 Å². The Morgan fingerprint density at radius 2 is 1.48 bits per heavy atom. The Kier molecular flexibility index (Phi) is 6.41. The number of urea groups is 1. The van der Waals surface area contributed by atoms with Gasteiger partial charge in [-0.3, -0.25) is 0 Å². The van der Waals surface area contributed by atoms with Gasteiger partial charge in [0.2, 0.25) is 0 Å². The zero-order valence-electron chi connectivity index (χ0n) is 18.5. The molecule has 3 heterocycles. The van der Waals surface area contributed by atoms with Crippen LogP contribution in [0.3, 0.4) is 0 Å². The van der Waals surface area contributed by atoms with Crippen molar-refractivity contribution in [2.45, 2.75) is 6.92 Å². The molecule has 9 nitrogen and oxygen atoms in total. The second kappa shape index (κ2) is 9.38. The van der Waals surface area contributed by atoms with E-state index >= 15 is 0 Å². The number of aryl methyl sites for hydroxylation is 1. The number of methoxy groups -OCH3 is 1. The molecule has 2 aliphatic heterocycles. The van der Waals surface area contributed by atoms with Crippen LogP contribution >= 0.6 is 0 Å². The Bertz CT molecular complexity index is 889. The molecule has 0 aliphatic carbocycles. The molecule has 166 valence electrons. The number of likely N-dealkylation sites (N-methyl/N-ethyl adjacent to an activating group) is 1. The molecule has 2 saturated heterocycles. The van der Waals surface area contributed by atoms with E-state index in [-0.39, 0.29) is 6.03 Å². The summed E-state index contributed by atoms with van der Waals surface area (Å²) >= 11 is 0. The quantitative estimate of drug-likeness (QED) is 0.802. The third kappa shape index (κ3) is 4.99. The highest BCUT2D eigenvalue weighted by atomic mass is 16.5. The van der Waals surface area contributed by atoms with Crippen molar-refractivity contribution in [1.29, 1.82) is 0 Å². The SMILES string of the molecule is COc1ccc(NC(=O)N2CCN(c3ccc(N4CCN(C)CC4)nn3)CC2)c(C)c1. The molecule has 1 aromatic carbocycles. The normalized spacial score (nSPS) is 17.6. The molecule has 0 spiro atoms. The first-order valence-electron chi connectivity index (χ1n) is 10.8. The van der Waals surface area contributed by atoms with Crippen molar-refractivity contribution >= 4 is 23.4 Å². The van der Waals surface area contributed by atoms with Gasteiger partial charge in [0, 0.05) is 58.0 Å². The van der Waals surface area contributed by atoms with Crippen molar-refractivity contribution in [3.05, 3.63) is 35.9 Å². The van der Waals surface area contributed by atoms with Gasteiger partial charge in [-0.2, -0.15) is 0 Å². The zero-order valence-corrected chi connectivity index (χ0v) is 18.5. The van der Waals surface area contributed by atoms with Crippen LogP contribution in [0, 0.1) is 6.92 Å². The fraction of sp³-hybridized carbons (Fsp3) is 0.500. The van der Waals surface area contributed by atoms with Crippen LogP contribution < -0.4 is 19.9 Å². The number of nitrogens with one attached hydrogen (secondary N) is 1. The predicted octanol–water partition coefficient (Wildman–Crippen LogP) is 1.90. The maximum absolute atomic E-state index is 12.7. The second-order valence-electron chi connectivity index (χ2n) is 8.13. The molecule has 0 unspecified atom stereocenters. The van der Waals surface area contributed by atoms with Crippen molar-refractivity contribution in [3.8, 4) is 5.75 Å². The predicted molar refractivity (Wildman–Crippen MR) is 122 cm³/mol. The molecule has 4 rings (SSSR count). The first-order chi connectivity index (χ1) is 15.0. The minimum Gasteiger partial charge on any atom is -0.497 e. The molecular formula is C22H31N7O2. The Labute approximate surface area is 183 Å². The van der Waals surface area contributed by atoms with Crippen molar-refractivity contribution < 1.29 is 9.53 Å². The molecule has 2 aromatic rings. The van der Waals surface area contributed by atoms with Gasteiger partial charge in [0.15, 0.2) is 11.6 Å². The van der Waals surface area contributed by atoms with Gasteiger partial charge < -0.3 is 29.7 Å². The maximum Gasteiger partial charge on any atom is 0.321 e. The number of amides is 2. The lowest BCUT2D eigenvalue weighted by atomic mass is 10.2. The number of hydrogen-bond donors (Lipinski definition) is 1. The summed E-state index contributed by atoms with van der Waals surface area (Å²) in [6.45, 7) is 8.76. The van der Waals surface area contributed by atoms with Gasteiger partial charge in [-0.1, -0.05) is 0 Å². The van der Waals surface area contributed by atoms with Gasteiger partial charge in [-0.25, -0.2) is 4.79 Å². The van der Waals surface area contributed by atoms with E-state index < -0.39 is 0 Å². The van der Waals surface area contributed by atoms with E-state index in [9.17, 15) is 4.79 Å². The third-order valence-electron chi connectivity index (χ3n) is 6.03. The van der Waals surface area contributed by atoms with Crippen molar-refractivity contribution in [2.75, 3.05) is 81.6 Å². The summed E-state index contributed by atoms with van der Waals surface area (Å²) in [5.41, 5.74) is 1.78. The summed E-state index contributed by atoms with van der Waals surface area (Å²) in [5, 5.41) is 11.9. The summed E-state index contributed by atoms with van der Waals surface area (Å²) in [4.78, 5) is 21.3. The van der Waals surface area contributed by atoms with E-state index in [4.69, 9.17) is 4.74 Å². The minimum absolute atomic E-state index is 0.0792. The van der Waals surface area contributed by atoms with Gasteiger partial charge in [0.05, 0.1) is 7.11 Å². The van der Waals surface area contributed by atoms with E-state index in [1.807, 2.05) is 36.1 Å². The lowest BCUT2D eigenvalue weighted by Gasteiger charge is -2.35. The molecule has 0 bridgehead atoms. The molecule has 9 heteroatoms. The fourth-order valence-corrected chi connectivity index (χ4v) is 3.93. The first kappa shape index (κ1) is 21.2. The third-order valence-corrected chi connectivity index (χ3v) is 6.03. The lowest BCUT2D eigenvalue weighted by Crippen LogP contribution is -2.50. The molecule has 1 N–H and O–H groups in total. The number of rotatable bonds is 4. The number of anilines is 3. The van der Waals surface area contributed by atoms with E-state index in [2.05, 4.69) is 43.3 Å². The van der Waals surface area contributed by atoms with Crippen LogP contribution in [0.25, 0.3) is 0 Å². The molecule has 2 fully saturated rings. The van der Waals surface area contributed by atoms with Crippen LogP contribution in [0.2, 0.25) is 0 Å². The van der Waals surface area contributed by atoms with Gasteiger partial charge in [-0.05, 0) is 49.9 Å². The standard InChI is InChI=1S/C22H31N7O2/c1-17-16-18(31-3)4-5-19(17)23-22(30)29-14-12-28(13-15-29)21-7-6-20(24-25-21)27-10-8-26(2)9-11-27/h4-7,16H,8-15H2,1-3H3,(H,23,30). The first-order valence-corrected chi connectivity index (χ1v) is 10.8. The number of carbonyl (C=O) groups is 1. The zero-order chi connectivity index (χ0) is 21.8. The number of piperazine rings is 2. The molecular weight excluding hydrogens is 394 g/mol. The van der Waals surface area contributed by atoms with E-state index in [0.29, 0.717) is 13.1 Å². The number of aromatic nitrogens is 2. The Morgan fingerprint density at radius 1 is 0.903 bits per heavy atom.